The molecule has 0 heterocycles. The largest absolute Gasteiger partial charge is 0.480 e. The SMILES string of the molecule is C#CC(=CCN(C)CC(=O)O)c1ccccc1Cl. The van der Waals surface area contributed by atoms with Crippen molar-refractivity contribution in [3.8, 4) is 12.3 Å². The third kappa shape index (κ3) is 4.25. The number of benzene rings is 1. The predicted octanol–water partition coefficient (Wildman–Crippen LogP) is 2.37. The molecule has 0 saturated carbocycles. The van der Waals surface area contributed by atoms with Gasteiger partial charge in [-0.3, -0.25) is 9.69 Å². The third-order valence-corrected chi connectivity index (χ3v) is 2.66. The number of hydrogen-bond acceptors (Lipinski definition) is 2. The number of allylic oxidation sites excluding steroid dienone is 1. The smallest absolute Gasteiger partial charge is 0.317 e. The van der Waals surface area contributed by atoms with Gasteiger partial charge in [0.2, 0.25) is 0 Å². The maximum Gasteiger partial charge on any atom is 0.317 e. The maximum absolute atomic E-state index is 10.5. The highest BCUT2D eigenvalue weighted by atomic mass is 35.5. The van der Waals surface area contributed by atoms with E-state index < -0.39 is 5.97 Å². The Morgan fingerprint density at radius 3 is 2.78 bits per heavy atom. The van der Waals surface area contributed by atoms with Crippen LogP contribution in [0.3, 0.4) is 0 Å². The zero-order valence-electron chi connectivity index (χ0n) is 10.1. The lowest BCUT2D eigenvalue weighted by atomic mass is 10.1. The molecule has 0 radical (unpaired) electrons. The van der Waals surface area contributed by atoms with Gasteiger partial charge < -0.3 is 5.11 Å². The van der Waals surface area contributed by atoms with Crippen LogP contribution in [0.5, 0.6) is 0 Å². The van der Waals surface area contributed by atoms with E-state index in [9.17, 15) is 4.79 Å². The van der Waals surface area contributed by atoms with Gasteiger partial charge in [0, 0.05) is 22.7 Å². The van der Waals surface area contributed by atoms with E-state index in [1.54, 1.807) is 24.1 Å². The molecule has 1 aromatic rings. The molecule has 18 heavy (non-hydrogen) atoms. The fraction of sp³-hybridized carbons (Fsp3) is 0.214. The van der Waals surface area contributed by atoms with E-state index in [1.165, 1.54) is 0 Å². The number of halogens is 1. The van der Waals surface area contributed by atoms with Gasteiger partial charge in [-0.05, 0) is 13.1 Å². The molecule has 0 aromatic heterocycles. The van der Waals surface area contributed by atoms with Crippen molar-refractivity contribution in [1.29, 1.82) is 0 Å². The Morgan fingerprint density at radius 1 is 1.56 bits per heavy atom. The molecular weight excluding hydrogens is 250 g/mol. The van der Waals surface area contributed by atoms with Gasteiger partial charge >= 0.3 is 5.97 Å². The van der Waals surface area contributed by atoms with Crippen LogP contribution in [0.2, 0.25) is 5.02 Å². The summed E-state index contributed by atoms with van der Waals surface area (Å²) in [6.45, 7) is 0.425. The van der Waals surface area contributed by atoms with Crippen LogP contribution in [0.25, 0.3) is 5.57 Å². The number of nitrogens with zero attached hydrogens (tertiary/aromatic N) is 1. The highest BCUT2D eigenvalue weighted by Gasteiger charge is 2.05. The van der Waals surface area contributed by atoms with Crippen LogP contribution in [0.15, 0.2) is 30.3 Å². The summed E-state index contributed by atoms with van der Waals surface area (Å²) in [5.41, 5.74) is 1.45. The van der Waals surface area contributed by atoms with E-state index >= 15 is 0 Å². The Labute approximate surface area is 112 Å². The number of hydrogen-bond donors (Lipinski definition) is 1. The molecule has 1 rings (SSSR count). The van der Waals surface area contributed by atoms with Crippen molar-refractivity contribution in [3.05, 3.63) is 40.9 Å². The van der Waals surface area contributed by atoms with Crippen LogP contribution < -0.4 is 0 Å². The number of likely N-dealkylation sites (N-methyl/N-ethyl adjacent to an activating group) is 1. The van der Waals surface area contributed by atoms with Crippen LogP contribution >= 0.6 is 11.6 Å². The fourth-order valence-corrected chi connectivity index (χ4v) is 1.71. The number of carboxylic acid groups (broad SMARTS) is 1. The number of aliphatic carboxylic acids is 1. The van der Waals surface area contributed by atoms with Crippen LogP contribution in [0.4, 0.5) is 0 Å². The van der Waals surface area contributed by atoms with Crippen LogP contribution in [0, 0.1) is 12.3 Å². The summed E-state index contributed by atoms with van der Waals surface area (Å²) < 4.78 is 0. The Bertz CT molecular complexity index is 503. The van der Waals surface area contributed by atoms with Crippen molar-refractivity contribution in [2.24, 2.45) is 0 Å². The molecule has 0 atom stereocenters. The van der Waals surface area contributed by atoms with Gasteiger partial charge in [-0.15, -0.1) is 6.42 Å². The quantitative estimate of drug-likeness (QED) is 0.829. The van der Waals surface area contributed by atoms with E-state index in [-0.39, 0.29) is 6.54 Å². The average molecular weight is 264 g/mol. The second-order valence-corrected chi connectivity index (χ2v) is 4.24. The standard InChI is InChI=1S/C14H14ClNO2/c1-3-11(8-9-16(2)10-14(17)18)12-6-4-5-7-13(12)15/h1,4-8H,9-10H2,2H3,(H,17,18). The fourth-order valence-electron chi connectivity index (χ4n) is 1.47. The highest BCUT2D eigenvalue weighted by molar-refractivity contribution is 6.32. The lowest BCUT2D eigenvalue weighted by molar-refractivity contribution is -0.137. The van der Waals surface area contributed by atoms with Gasteiger partial charge in [-0.25, -0.2) is 0 Å². The maximum atomic E-state index is 10.5. The molecule has 0 aliphatic carbocycles. The summed E-state index contributed by atoms with van der Waals surface area (Å²) in [6, 6.07) is 7.29. The molecule has 0 fully saturated rings. The predicted molar refractivity (Wildman–Crippen MR) is 73.4 cm³/mol. The summed E-state index contributed by atoms with van der Waals surface area (Å²) >= 11 is 6.05. The van der Waals surface area contributed by atoms with E-state index in [1.807, 2.05) is 18.2 Å². The number of rotatable bonds is 5. The monoisotopic (exact) mass is 263 g/mol. The van der Waals surface area contributed by atoms with Gasteiger partial charge in [-0.1, -0.05) is 41.8 Å². The zero-order chi connectivity index (χ0) is 13.5. The number of terminal acetylenes is 1. The van der Waals surface area contributed by atoms with Crippen molar-refractivity contribution in [2.45, 2.75) is 0 Å². The molecule has 1 N–H and O–H groups in total. The topological polar surface area (TPSA) is 40.5 Å². The first-order chi connectivity index (χ1) is 8.54. The number of carboxylic acids is 1. The van der Waals surface area contributed by atoms with E-state index in [2.05, 4.69) is 5.92 Å². The summed E-state index contributed by atoms with van der Waals surface area (Å²) in [7, 11) is 1.71. The van der Waals surface area contributed by atoms with Crippen molar-refractivity contribution in [2.75, 3.05) is 20.1 Å². The van der Waals surface area contributed by atoms with Gasteiger partial charge in [0.15, 0.2) is 0 Å². The van der Waals surface area contributed by atoms with Gasteiger partial charge in [-0.2, -0.15) is 0 Å². The first-order valence-electron chi connectivity index (χ1n) is 5.36. The summed E-state index contributed by atoms with van der Waals surface area (Å²) in [5.74, 6) is 1.70. The molecule has 0 unspecified atom stereocenters. The molecule has 0 amide bonds. The number of carbonyl (C=O) groups is 1. The lowest BCUT2D eigenvalue weighted by Crippen LogP contribution is -2.25. The Balaban J connectivity index is 2.82. The molecule has 3 nitrogen and oxygen atoms in total. The summed E-state index contributed by atoms with van der Waals surface area (Å²) in [6.07, 6.45) is 7.25. The molecule has 0 aliphatic heterocycles. The minimum atomic E-state index is -0.870. The Kier molecular flexibility index (Phi) is 5.44. The summed E-state index contributed by atoms with van der Waals surface area (Å²) in [4.78, 5) is 12.2. The van der Waals surface area contributed by atoms with Gasteiger partial charge in [0.05, 0.1) is 6.54 Å². The van der Waals surface area contributed by atoms with Crippen LogP contribution in [-0.2, 0) is 4.79 Å². The van der Waals surface area contributed by atoms with Crippen molar-refractivity contribution < 1.29 is 9.90 Å². The molecular formula is C14H14ClNO2. The van der Waals surface area contributed by atoms with Crippen LogP contribution in [-0.4, -0.2) is 36.1 Å². The molecule has 0 aliphatic rings. The minimum absolute atomic E-state index is 0.0309. The Morgan fingerprint density at radius 2 is 2.22 bits per heavy atom. The first kappa shape index (κ1) is 14.3. The second-order valence-electron chi connectivity index (χ2n) is 3.83. The second kappa shape index (κ2) is 6.85. The van der Waals surface area contributed by atoms with Crippen molar-refractivity contribution in [3.63, 3.8) is 0 Å². The highest BCUT2D eigenvalue weighted by Crippen LogP contribution is 2.22. The molecule has 0 bridgehead atoms. The Hall–Kier alpha value is -1.76. The first-order valence-corrected chi connectivity index (χ1v) is 5.74. The lowest BCUT2D eigenvalue weighted by Gasteiger charge is -2.11. The van der Waals surface area contributed by atoms with Gasteiger partial charge in [0.1, 0.15) is 0 Å². The zero-order valence-corrected chi connectivity index (χ0v) is 10.8. The normalized spacial score (nSPS) is 11.3. The summed E-state index contributed by atoms with van der Waals surface area (Å²) in [5, 5.41) is 9.23. The molecule has 94 valence electrons. The molecule has 4 heteroatoms. The van der Waals surface area contributed by atoms with Crippen molar-refractivity contribution >= 4 is 23.1 Å². The molecule has 1 aromatic carbocycles. The molecule has 0 saturated heterocycles. The third-order valence-electron chi connectivity index (χ3n) is 2.33. The van der Waals surface area contributed by atoms with E-state index in [0.29, 0.717) is 17.1 Å². The minimum Gasteiger partial charge on any atom is -0.480 e. The van der Waals surface area contributed by atoms with Crippen LogP contribution in [0.1, 0.15) is 5.56 Å². The van der Waals surface area contributed by atoms with E-state index in [0.717, 1.165) is 5.56 Å². The van der Waals surface area contributed by atoms with E-state index in [4.69, 9.17) is 23.1 Å². The average Bonchev–Trinajstić information content (AvgIpc) is 2.31. The van der Waals surface area contributed by atoms with Gasteiger partial charge in [0.25, 0.3) is 0 Å². The molecule has 0 spiro atoms. The van der Waals surface area contributed by atoms with Crippen molar-refractivity contribution in [1.82, 2.24) is 4.90 Å².